The Morgan fingerprint density at radius 1 is 1.27 bits per heavy atom. The smallest absolute Gasteiger partial charge is 0.286 e. The molecule has 0 aromatic carbocycles. The molecule has 26 heavy (non-hydrogen) atoms. The third-order valence-electron chi connectivity index (χ3n) is 4.82. The van der Waals surface area contributed by atoms with E-state index in [1.807, 2.05) is 24.0 Å². The summed E-state index contributed by atoms with van der Waals surface area (Å²) in [5.41, 5.74) is 0.817. The fourth-order valence-electron chi connectivity index (χ4n) is 3.43. The number of H-pyrrole nitrogens is 1. The van der Waals surface area contributed by atoms with Gasteiger partial charge in [-0.05, 0) is 38.2 Å². The number of aromatic nitrogens is 6. The molecular formula is C17H21N7O2. The summed E-state index contributed by atoms with van der Waals surface area (Å²) >= 11 is 0. The summed E-state index contributed by atoms with van der Waals surface area (Å²) in [6, 6.07) is 0. The fraction of sp³-hybridized carbons (Fsp3) is 0.471. The van der Waals surface area contributed by atoms with E-state index in [0.29, 0.717) is 24.8 Å². The Balaban J connectivity index is 1.45. The van der Waals surface area contributed by atoms with E-state index in [1.54, 1.807) is 11.8 Å². The van der Waals surface area contributed by atoms with E-state index in [9.17, 15) is 9.59 Å². The van der Waals surface area contributed by atoms with Gasteiger partial charge in [-0.25, -0.2) is 4.98 Å². The molecule has 0 bridgehead atoms. The van der Waals surface area contributed by atoms with Gasteiger partial charge in [-0.15, -0.1) is 0 Å². The summed E-state index contributed by atoms with van der Waals surface area (Å²) in [6.45, 7) is 5.89. The standard InChI is InChI=1S/C17H21N7O2/c1-11-7-19-23(9-11)10-13-3-5-22(6-4-13)15(25)14-8-18-17-20-12(2)21-24(17)16(14)26/h7-9,13H,3-6,10H2,1-2H3,(H,18,20,21). The van der Waals surface area contributed by atoms with Gasteiger partial charge in [0.15, 0.2) is 0 Å². The fourth-order valence-corrected chi connectivity index (χ4v) is 3.43. The minimum Gasteiger partial charge on any atom is -0.338 e. The molecule has 3 aromatic heterocycles. The molecule has 0 aliphatic carbocycles. The molecule has 9 heteroatoms. The molecule has 9 nitrogen and oxygen atoms in total. The van der Waals surface area contributed by atoms with Crippen molar-refractivity contribution >= 4 is 11.7 Å². The first-order valence-electron chi connectivity index (χ1n) is 8.74. The van der Waals surface area contributed by atoms with E-state index in [0.717, 1.165) is 24.9 Å². The summed E-state index contributed by atoms with van der Waals surface area (Å²) in [4.78, 5) is 35.2. The number of nitrogens with zero attached hydrogens (tertiary/aromatic N) is 6. The van der Waals surface area contributed by atoms with Crippen LogP contribution in [0.2, 0.25) is 0 Å². The van der Waals surface area contributed by atoms with E-state index in [1.165, 1.54) is 10.7 Å². The quantitative estimate of drug-likeness (QED) is 0.748. The van der Waals surface area contributed by atoms with Crippen molar-refractivity contribution in [3.05, 3.63) is 45.9 Å². The Labute approximate surface area is 149 Å². The van der Waals surface area contributed by atoms with E-state index in [-0.39, 0.29) is 17.2 Å². The number of rotatable bonds is 3. The molecule has 3 aromatic rings. The van der Waals surface area contributed by atoms with Gasteiger partial charge in [0.05, 0.1) is 6.20 Å². The number of carbonyl (C=O) groups excluding carboxylic acids is 1. The second-order valence-corrected chi connectivity index (χ2v) is 6.90. The molecule has 0 radical (unpaired) electrons. The number of likely N-dealkylation sites (tertiary alicyclic amines) is 1. The number of piperidine rings is 1. The van der Waals surface area contributed by atoms with Crippen molar-refractivity contribution in [3.63, 3.8) is 0 Å². The maximum Gasteiger partial charge on any atom is 0.286 e. The number of fused-ring (bicyclic) bond motifs is 1. The predicted octanol–water partition coefficient (Wildman–Crippen LogP) is 0.783. The van der Waals surface area contributed by atoms with E-state index in [4.69, 9.17) is 0 Å². The zero-order valence-electron chi connectivity index (χ0n) is 14.8. The van der Waals surface area contributed by atoms with Crippen molar-refractivity contribution in [1.29, 1.82) is 0 Å². The SMILES string of the molecule is Cc1cnn(CC2CCN(C(=O)c3cnc4nc(C)[nH]n4c3=O)CC2)c1. The van der Waals surface area contributed by atoms with Crippen LogP contribution < -0.4 is 5.56 Å². The largest absolute Gasteiger partial charge is 0.338 e. The molecule has 0 unspecified atom stereocenters. The highest BCUT2D eigenvalue weighted by Crippen LogP contribution is 2.20. The molecule has 136 valence electrons. The molecule has 1 aliphatic heterocycles. The number of carbonyl (C=O) groups is 1. The highest BCUT2D eigenvalue weighted by Gasteiger charge is 2.26. The molecule has 4 heterocycles. The lowest BCUT2D eigenvalue weighted by atomic mass is 9.96. The molecule has 1 N–H and O–H groups in total. The van der Waals surface area contributed by atoms with Crippen LogP contribution in [0.15, 0.2) is 23.4 Å². The van der Waals surface area contributed by atoms with Crippen LogP contribution in [0, 0.1) is 19.8 Å². The minimum absolute atomic E-state index is 0.0762. The van der Waals surface area contributed by atoms with Crippen molar-refractivity contribution in [1.82, 2.24) is 34.3 Å². The van der Waals surface area contributed by atoms with Gasteiger partial charge in [-0.3, -0.25) is 19.4 Å². The first-order chi connectivity index (χ1) is 12.5. The van der Waals surface area contributed by atoms with Gasteiger partial charge in [-0.1, -0.05) is 0 Å². The third kappa shape index (κ3) is 3.00. The van der Waals surface area contributed by atoms with Crippen molar-refractivity contribution < 1.29 is 4.79 Å². The second-order valence-electron chi connectivity index (χ2n) is 6.90. The first kappa shape index (κ1) is 16.5. The molecule has 1 aliphatic rings. The van der Waals surface area contributed by atoms with Gasteiger partial charge in [-0.2, -0.15) is 14.6 Å². The number of hydrogen-bond acceptors (Lipinski definition) is 5. The summed E-state index contributed by atoms with van der Waals surface area (Å²) in [5.74, 6) is 1.07. The zero-order chi connectivity index (χ0) is 18.3. The minimum atomic E-state index is -0.408. The predicted molar refractivity (Wildman–Crippen MR) is 93.9 cm³/mol. The molecule has 0 atom stereocenters. The van der Waals surface area contributed by atoms with Crippen LogP contribution in [0.25, 0.3) is 5.78 Å². The molecule has 0 spiro atoms. The van der Waals surface area contributed by atoms with Crippen LogP contribution >= 0.6 is 0 Å². The Morgan fingerprint density at radius 2 is 2.04 bits per heavy atom. The average molecular weight is 355 g/mol. The Hall–Kier alpha value is -2.97. The lowest BCUT2D eigenvalue weighted by Crippen LogP contribution is -2.41. The molecule has 0 saturated carbocycles. The Kier molecular flexibility index (Phi) is 4.06. The number of amides is 1. The topological polar surface area (TPSA) is 101 Å². The van der Waals surface area contributed by atoms with Crippen molar-refractivity contribution in [2.24, 2.45) is 5.92 Å². The van der Waals surface area contributed by atoms with Crippen molar-refractivity contribution in [3.8, 4) is 0 Å². The number of nitrogens with one attached hydrogen (secondary N) is 1. The monoisotopic (exact) mass is 355 g/mol. The normalized spacial score (nSPS) is 15.7. The van der Waals surface area contributed by atoms with E-state index in [2.05, 4.69) is 20.2 Å². The zero-order valence-corrected chi connectivity index (χ0v) is 14.8. The highest BCUT2D eigenvalue weighted by molar-refractivity contribution is 5.93. The van der Waals surface area contributed by atoms with Crippen molar-refractivity contribution in [2.75, 3.05) is 13.1 Å². The summed E-state index contributed by atoms with van der Waals surface area (Å²) in [5, 5.41) is 7.14. The maximum atomic E-state index is 12.8. The summed E-state index contributed by atoms with van der Waals surface area (Å²) < 4.78 is 3.18. The van der Waals surface area contributed by atoms with Crippen LogP contribution in [0.5, 0.6) is 0 Å². The van der Waals surface area contributed by atoms with Gasteiger partial charge in [0.25, 0.3) is 17.2 Å². The lowest BCUT2D eigenvalue weighted by molar-refractivity contribution is 0.0678. The first-order valence-corrected chi connectivity index (χ1v) is 8.74. The lowest BCUT2D eigenvalue weighted by Gasteiger charge is -2.31. The highest BCUT2D eigenvalue weighted by atomic mass is 16.2. The van der Waals surface area contributed by atoms with Crippen LogP contribution in [0.4, 0.5) is 0 Å². The molecule has 1 amide bonds. The van der Waals surface area contributed by atoms with Crippen LogP contribution in [-0.4, -0.2) is 53.3 Å². The van der Waals surface area contributed by atoms with E-state index >= 15 is 0 Å². The van der Waals surface area contributed by atoms with Gasteiger partial charge in [0.2, 0.25) is 0 Å². The number of hydrogen-bond donors (Lipinski definition) is 1. The summed E-state index contributed by atoms with van der Waals surface area (Å²) in [7, 11) is 0. The Morgan fingerprint density at radius 3 is 2.73 bits per heavy atom. The number of aryl methyl sites for hydroxylation is 2. The van der Waals surface area contributed by atoms with E-state index < -0.39 is 5.56 Å². The van der Waals surface area contributed by atoms with Gasteiger partial charge >= 0.3 is 0 Å². The van der Waals surface area contributed by atoms with Gasteiger partial charge in [0.1, 0.15) is 11.4 Å². The van der Waals surface area contributed by atoms with Gasteiger partial charge < -0.3 is 4.90 Å². The molecule has 4 rings (SSSR count). The third-order valence-corrected chi connectivity index (χ3v) is 4.82. The number of aromatic amines is 1. The van der Waals surface area contributed by atoms with Crippen molar-refractivity contribution in [2.45, 2.75) is 33.2 Å². The molecule has 1 saturated heterocycles. The summed E-state index contributed by atoms with van der Waals surface area (Å²) in [6.07, 6.45) is 7.01. The average Bonchev–Trinajstić information content (AvgIpc) is 3.21. The van der Waals surface area contributed by atoms with Crippen LogP contribution in [0.1, 0.15) is 34.6 Å². The molecule has 1 fully saturated rings. The van der Waals surface area contributed by atoms with Gasteiger partial charge in [0, 0.05) is 32.0 Å². The van der Waals surface area contributed by atoms with Crippen LogP contribution in [0.3, 0.4) is 0 Å². The Bertz CT molecular complexity index is 1010. The second kappa shape index (κ2) is 6.40. The molecular weight excluding hydrogens is 334 g/mol. The maximum absolute atomic E-state index is 12.8. The van der Waals surface area contributed by atoms with Crippen LogP contribution in [-0.2, 0) is 6.54 Å².